The molecule has 0 bridgehead atoms. The summed E-state index contributed by atoms with van der Waals surface area (Å²) in [5, 5.41) is 3.36. The Bertz CT molecular complexity index is 326. The van der Waals surface area contributed by atoms with Crippen molar-refractivity contribution in [3.63, 3.8) is 0 Å². The highest BCUT2D eigenvalue weighted by Gasteiger charge is 2.46. The average molecular weight is 282 g/mol. The van der Waals surface area contributed by atoms with Crippen LogP contribution in [0.5, 0.6) is 0 Å². The molecule has 0 aromatic carbocycles. The van der Waals surface area contributed by atoms with Gasteiger partial charge in [-0.3, -0.25) is 4.79 Å². The van der Waals surface area contributed by atoms with Crippen LogP contribution in [0.3, 0.4) is 0 Å². The van der Waals surface area contributed by atoms with Gasteiger partial charge in [0.15, 0.2) is 0 Å². The Kier molecular flexibility index (Phi) is 5.65. The van der Waals surface area contributed by atoms with E-state index in [1.54, 1.807) is 0 Å². The Morgan fingerprint density at radius 3 is 2.15 bits per heavy atom. The summed E-state index contributed by atoms with van der Waals surface area (Å²) in [6, 6.07) is 0.224. The molecule has 1 aliphatic carbocycles. The zero-order chi connectivity index (χ0) is 15.6. The molecule has 0 aliphatic heterocycles. The summed E-state index contributed by atoms with van der Waals surface area (Å²) in [6.45, 7) is 13.1. The van der Waals surface area contributed by atoms with Crippen molar-refractivity contribution in [1.29, 1.82) is 0 Å². The molecule has 0 aromatic heterocycles. The summed E-state index contributed by atoms with van der Waals surface area (Å²) in [4.78, 5) is 12.8. The Balaban J connectivity index is 2.86. The number of carbonyl (C=O) groups excluding carboxylic acids is 1. The molecule has 0 heterocycles. The van der Waals surface area contributed by atoms with Gasteiger partial charge < -0.3 is 11.1 Å². The Morgan fingerprint density at radius 1 is 1.20 bits per heavy atom. The fourth-order valence-corrected chi connectivity index (χ4v) is 3.68. The van der Waals surface area contributed by atoms with Crippen molar-refractivity contribution in [3.8, 4) is 0 Å². The van der Waals surface area contributed by atoms with Crippen LogP contribution in [0.4, 0.5) is 0 Å². The standard InChI is InChI=1S/C17H34N2O/c1-7-17(8-2,9-3)19-15(20)13-10-11-14(18)12(4)16(13,5)6/h12-14H,7-11,18H2,1-6H3,(H,19,20). The molecule has 1 fully saturated rings. The third kappa shape index (κ3) is 3.19. The quantitative estimate of drug-likeness (QED) is 0.811. The molecule has 1 amide bonds. The molecule has 118 valence electrons. The van der Waals surface area contributed by atoms with E-state index < -0.39 is 0 Å². The van der Waals surface area contributed by atoms with Gasteiger partial charge in [-0.2, -0.15) is 0 Å². The van der Waals surface area contributed by atoms with Gasteiger partial charge in [0.2, 0.25) is 5.91 Å². The number of carbonyl (C=O) groups is 1. The van der Waals surface area contributed by atoms with Gasteiger partial charge in [0.05, 0.1) is 0 Å². The van der Waals surface area contributed by atoms with Gasteiger partial charge in [-0.15, -0.1) is 0 Å². The van der Waals surface area contributed by atoms with E-state index in [0.29, 0.717) is 5.92 Å². The summed E-state index contributed by atoms with van der Waals surface area (Å²) >= 11 is 0. The van der Waals surface area contributed by atoms with Gasteiger partial charge in [0.1, 0.15) is 0 Å². The van der Waals surface area contributed by atoms with Crippen LogP contribution in [0.25, 0.3) is 0 Å². The summed E-state index contributed by atoms with van der Waals surface area (Å²) in [7, 11) is 0. The number of nitrogens with two attached hydrogens (primary N) is 1. The molecule has 3 atom stereocenters. The van der Waals surface area contributed by atoms with Crippen LogP contribution >= 0.6 is 0 Å². The average Bonchev–Trinajstić information content (AvgIpc) is 2.42. The minimum absolute atomic E-state index is 0.0251. The van der Waals surface area contributed by atoms with Crippen LogP contribution in [-0.4, -0.2) is 17.5 Å². The lowest BCUT2D eigenvalue weighted by molar-refractivity contribution is -0.134. The lowest BCUT2D eigenvalue weighted by Gasteiger charge is -2.47. The fourth-order valence-electron chi connectivity index (χ4n) is 3.68. The monoisotopic (exact) mass is 282 g/mol. The summed E-state index contributed by atoms with van der Waals surface area (Å²) in [5.41, 5.74) is 6.13. The van der Waals surface area contributed by atoms with Crippen molar-refractivity contribution in [2.24, 2.45) is 23.0 Å². The van der Waals surface area contributed by atoms with Gasteiger partial charge in [-0.05, 0) is 43.4 Å². The van der Waals surface area contributed by atoms with Gasteiger partial charge in [0.25, 0.3) is 0 Å². The maximum atomic E-state index is 12.8. The number of nitrogens with one attached hydrogen (secondary N) is 1. The molecule has 20 heavy (non-hydrogen) atoms. The first-order valence-electron chi connectivity index (χ1n) is 8.31. The second-order valence-electron chi connectivity index (χ2n) is 7.23. The SMILES string of the molecule is CCC(CC)(CC)NC(=O)C1CCC(N)C(C)C1(C)C. The molecular formula is C17H34N2O. The molecule has 0 spiro atoms. The minimum atomic E-state index is -0.0318. The molecule has 3 heteroatoms. The van der Waals surface area contributed by atoms with Gasteiger partial charge in [-0.1, -0.05) is 41.5 Å². The highest BCUT2D eigenvalue weighted by molar-refractivity contribution is 5.80. The largest absolute Gasteiger partial charge is 0.350 e. The van der Waals surface area contributed by atoms with Crippen molar-refractivity contribution in [1.82, 2.24) is 5.32 Å². The number of rotatable bonds is 5. The lowest BCUT2D eigenvalue weighted by Crippen LogP contribution is -2.56. The third-order valence-electron chi connectivity index (χ3n) is 6.24. The highest BCUT2D eigenvalue weighted by Crippen LogP contribution is 2.44. The Morgan fingerprint density at radius 2 is 1.70 bits per heavy atom. The summed E-state index contributed by atoms with van der Waals surface area (Å²) < 4.78 is 0. The third-order valence-corrected chi connectivity index (χ3v) is 6.24. The first-order chi connectivity index (χ1) is 9.24. The zero-order valence-corrected chi connectivity index (χ0v) is 14.3. The van der Waals surface area contributed by atoms with E-state index in [-0.39, 0.29) is 28.8 Å². The molecule has 3 nitrogen and oxygen atoms in total. The first-order valence-corrected chi connectivity index (χ1v) is 8.31. The van der Waals surface area contributed by atoms with Gasteiger partial charge >= 0.3 is 0 Å². The smallest absolute Gasteiger partial charge is 0.224 e. The second kappa shape index (κ2) is 6.46. The van der Waals surface area contributed by atoms with Crippen molar-refractivity contribution < 1.29 is 4.79 Å². The molecule has 0 radical (unpaired) electrons. The number of hydrogen-bond donors (Lipinski definition) is 2. The van der Waals surface area contributed by atoms with Crippen molar-refractivity contribution in [3.05, 3.63) is 0 Å². The molecule has 0 aromatic rings. The molecule has 3 N–H and O–H groups in total. The van der Waals surface area contributed by atoms with Crippen LogP contribution in [-0.2, 0) is 4.79 Å². The van der Waals surface area contributed by atoms with E-state index in [0.717, 1.165) is 32.1 Å². The van der Waals surface area contributed by atoms with Crippen LogP contribution in [0.1, 0.15) is 73.6 Å². The minimum Gasteiger partial charge on any atom is -0.350 e. The van der Waals surface area contributed by atoms with E-state index >= 15 is 0 Å². The van der Waals surface area contributed by atoms with Gasteiger partial charge in [0, 0.05) is 17.5 Å². The fraction of sp³-hybridized carbons (Fsp3) is 0.941. The van der Waals surface area contributed by atoms with Crippen LogP contribution in [0, 0.1) is 17.3 Å². The number of amides is 1. The van der Waals surface area contributed by atoms with E-state index in [2.05, 4.69) is 46.9 Å². The maximum absolute atomic E-state index is 12.8. The predicted molar refractivity (Wildman–Crippen MR) is 85.4 cm³/mol. The maximum Gasteiger partial charge on any atom is 0.224 e. The van der Waals surface area contributed by atoms with E-state index in [1.165, 1.54) is 0 Å². The van der Waals surface area contributed by atoms with Crippen molar-refractivity contribution in [2.75, 3.05) is 0 Å². The summed E-state index contributed by atoms with van der Waals surface area (Å²) in [5.74, 6) is 0.701. The van der Waals surface area contributed by atoms with Crippen molar-refractivity contribution >= 4 is 5.91 Å². The second-order valence-corrected chi connectivity index (χ2v) is 7.23. The molecule has 3 unspecified atom stereocenters. The summed E-state index contributed by atoms with van der Waals surface area (Å²) in [6.07, 6.45) is 4.85. The van der Waals surface area contributed by atoms with Gasteiger partial charge in [-0.25, -0.2) is 0 Å². The normalized spacial score (nSPS) is 30.1. The van der Waals surface area contributed by atoms with Crippen LogP contribution < -0.4 is 11.1 Å². The first kappa shape index (κ1) is 17.5. The lowest BCUT2D eigenvalue weighted by atomic mass is 9.60. The topological polar surface area (TPSA) is 55.1 Å². The Labute approximate surface area is 125 Å². The molecular weight excluding hydrogens is 248 g/mol. The molecule has 1 saturated carbocycles. The van der Waals surface area contributed by atoms with Crippen LogP contribution in [0.2, 0.25) is 0 Å². The van der Waals surface area contributed by atoms with E-state index in [9.17, 15) is 4.79 Å². The zero-order valence-electron chi connectivity index (χ0n) is 14.3. The predicted octanol–water partition coefficient (Wildman–Crippen LogP) is 3.47. The molecule has 1 aliphatic rings. The van der Waals surface area contributed by atoms with E-state index in [4.69, 9.17) is 5.73 Å². The Hall–Kier alpha value is -0.570. The molecule has 0 saturated heterocycles. The van der Waals surface area contributed by atoms with Crippen molar-refractivity contribution in [2.45, 2.75) is 85.2 Å². The van der Waals surface area contributed by atoms with E-state index in [1.807, 2.05) is 0 Å². The number of hydrogen-bond acceptors (Lipinski definition) is 2. The van der Waals surface area contributed by atoms with Crippen LogP contribution in [0.15, 0.2) is 0 Å². The highest BCUT2D eigenvalue weighted by atomic mass is 16.2. The molecule has 1 rings (SSSR count).